The van der Waals surface area contributed by atoms with E-state index in [1.807, 2.05) is 12.1 Å². The lowest BCUT2D eigenvalue weighted by atomic mass is 10.2. The number of Topliss-reactive ketones (excluding diaryl/α,β-unsaturated/α-hetero) is 1. The molecule has 0 aliphatic rings. The molecule has 0 atom stereocenters. The number of ether oxygens (including phenoxy) is 1. The Hall–Kier alpha value is -2.65. The molecular weight excluding hydrogens is 456 g/mol. The molecular formula is C20H19BrN4O3S. The van der Waals surface area contributed by atoms with Crippen LogP contribution in [0.3, 0.4) is 0 Å². The monoisotopic (exact) mass is 474 g/mol. The first-order valence-corrected chi connectivity index (χ1v) is 10.5. The Bertz CT molecular complexity index is 1000. The number of amides is 1. The lowest BCUT2D eigenvalue weighted by Gasteiger charge is -2.07. The Morgan fingerprint density at radius 1 is 1.10 bits per heavy atom. The number of nitrogens with zero attached hydrogens (tertiary/aromatic N) is 3. The molecule has 2 aromatic carbocycles. The highest BCUT2D eigenvalue weighted by Gasteiger charge is 2.15. The van der Waals surface area contributed by atoms with Gasteiger partial charge < -0.3 is 14.6 Å². The Kier molecular flexibility index (Phi) is 7.05. The van der Waals surface area contributed by atoms with Crippen LogP contribution < -0.4 is 10.1 Å². The summed E-state index contributed by atoms with van der Waals surface area (Å²) in [6.07, 6.45) is 0.0801. The Morgan fingerprint density at radius 2 is 1.79 bits per heavy atom. The molecule has 3 rings (SSSR count). The molecule has 0 fully saturated rings. The molecule has 1 amide bonds. The van der Waals surface area contributed by atoms with E-state index in [0.717, 1.165) is 10.2 Å². The quantitative estimate of drug-likeness (QED) is 0.395. The number of aromatic nitrogens is 3. The summed E-state index contributed by atoms with van der Waals surface area (Å²) in [6.45, 7) is 0. The van der Waals surface area contributed by atoms with Crippen LogP contribution in [0.5, 0.6) is 5.75 Å². The number of nitrogens with one attached hydrogen (secondary N) is 1. The number of ketones is 1. The van der Waals surface area contributed by atoms with E-state index in [9.17, 15) is 9.59 Å². The predicted molar refractivity (Wildman–Crippen MR) is 116 cm³/mol. The van der Waals surface area contributed by atoms with Crippen LogP contribution in [0, 0.1) is 0 Å². The molecule has 1 heterocycles. The third-order valence-corrected chi connectivity index (χ3v) is 5.66. The SMILES string of the molecule is COc1ccc(NC(=O)Cc2nnc(SCC(=O)c3ccc(Br)cc3)n2C)cc1. The Balaban J connectivity index is 1.56. The molecule has 0 radical (unpaired) electrons. The second-order valence-corrected chi connectivity index (χ2v) is 7.99. The maximum Gasteiger partial charge on any atom is 0.232 e. The fourth-order valence-electron chi connectivity index (χ4n) is 2.50. The van der Waals surface area contributed by atoms with E-state index in [0.29, 0.717) is 22.2 Å². The summed E-state index contributed by atoms with van der Waals surface area (Å²) < 4.78 is 7.75. The van der Waals surface area contributed by atoms with E-state index in [-0.39, 0.29) is 23.9 Å². The average Bonchev–Trinajstić information content (AvgIpc) is 3.06. The van der Waals surface area contributed by atoms with Gasteiger partial charge in [-0.15, -0.1) is 10.2 Å². The molecule has 0 saturated heterocycles. The smallest absolute Gasteiger partial charge is 0.232 e. The third kappa shape index (κ3) is 5.68. The molecule has 150 valence electrons. The van der Waals surface area contributed by atoms with Crippen LogP contribution in [0.15, 0.2) is 58.2 Å². The van der Waals surface area contributed by atoms with Crippen molar-refractivity contribution >= 4 is 45.1 Å². The van der Waals surface area contributed by atoms with E-state index in [1.165, 1.54) is 11.8 Å². The van der Waals surface area contributed by atoms with Crippen molar-refractivity contribution in [3.05, 3.63) is 64.4 Å². The number of carbonyl (C=O) groups is 2. The number of hydrogen-bond donors (Lipinski definition) is 1. The number of rotatable bonds is 8. The summed E-state index contributed by atoms with van der Waals surface area (Å²) in [5, 5.41) is 11.6. The van der Waals surface area contributed by atoms with Crippen molar-refractivity contribution in [1.29, 1.82) is 0 Å². The van der Waals surface area contributed by atoms with Gasteiger partial charge in [-0.3, -0.25) is 9.59 Å². The molecule has 1 aromatic heterocycles. The summed E-state index contributed by atoms with van der Waals surface area (Å²) >= 11 is 4.65. The summed E-state index contributed by atoms with van der Waals surface area (Å²) in [5.41, 5.74) is 1.31. The third-order valence-electron chi connectivity index (χ3n) is 4.12. The minimum Gasteiger partial charge on any atom is -0.497 e. The minimum atomic E-state index is -0.201. The molecule has 0 unspecified atom stereocenters. The molecule has 9 heteroatoms. The Morgan fingerprint density at radius 3 is 2.45 bits per heavy atom. The maximum absolute atomic E-state index is 12.3. The summed E-state index contributed by atoms with van der Waals surface area (Å²) in [6, 6.07) is 14.3. The maximum atomic E-state index is 12.3. The minimum absolute atomic E-state index is 0.00398. The van der Waals surface area contributed by atoms with Gasteiger partial charge in [-0.25, -0.2) is 0 Å². The first kappa shape index (κ1) is 21.1. The predicted octanol–water partition coefficient (Wildman–Crippen LogP) is 3.74. The topological polar surface area (TPSA) is 86.1 Å². The van der Waals surface area contributed by atoms with Crippen LogP contribution in [0.25, 0.3) is 0 Å². The fourth-order valence-corrected chi connectivity index (χ4v) is 3.59. The zero-order valence-electron chi connectivity index (χ0n) is 15.9. The van der Waals surface area contributed by atoms with Crippen LogP contribution in [0.1, 0.15) is 16.2 Å². The lowest BCUT2D eigenvalue weighted by molar-refractivity contribution is -0.115. The van der Waals surface area contributed by atoms with E-state index in [2.05, 4.69) is 31.4 Å². The molecule has 29 heavy (non-hydrogen) atoms. The van der Waals surface area contributed by atoms with E-state index in [1.54, 1.807) is 55.1 Å². The van der Waals surface area contributed by atoms with Gasteiger partial charge in [0, 0.05) is 22.8 Å². The summed E-state index contributed by atoms with van der Waals surface area (Å²) in [5.74, 6) is 1.29. The Labute approximate surface area is 181 Å². The number of thioether (sulfide) groups is 1. The number of benzene rings is 2. The lowest BCUT2D eigenvalue weighted by Crippen LogP contribution is -2.17. The molecule has 7 nitrogen and oxygen atoms in total. The van der Waals surface area contributed by atoms with Gasteiger partial charge in [-0.2, -0.15) is 0 Å². The van der Waals surface area contributed by atoms with E-state index < -0.39 is 0 Å². The summed E-state index contributed by atoms with van der Waals surface area (Å²) in [4.78, 5) is 24.6. The van der Waals surface area contributed by atoms with Gasteiger partial charge in [0.1, 0.15) is 11.6 Å². The van der Waals surface area contributed by atoms with Crippen molar-refractivity contribution in [3.63, 3.8) is 0 Å². The molecule has 0 aliphatic heterocycles. The van der Waals surface area contributed by atoms with Crippen LogP contribution in [0.2, 0.25) is 0 Å². The van der Waals surface area contributed by atoms with E-state index in [4.69, 9.17) is 4.74 Å². The second-order valence-electron chi connectivity index (χ2n) is 6.13. The molecule has 0 bridgehead atoms. The van der Waals surface area contributed by atoms with Crippen LogP contribution in [-0.4, -0.2) is 39.3 Å². The zero-order valence-corrected chi connectivity index (χ0v) is 18.3. The van der Waals surface area contributed by atoms with Crippen molar-refractivity contribution in [2.75, 3.05) is 18.2 Å². The highest BCUT2D eigenvalue weighted by molar-refractivity contribution is 9.10. The van der Waals surface area contributed by atoms with Gasteiger partial charge >= 0.3 is 0 Å². The van der Waals surface area contributed by atoms with Gasteiger partial charge in [0.2, 0.25) is 5.91 Å². The molecule has 0 saturated carbocycles. The number of halogens is 1. The van der Waals surface area contributed by atoms with Gasteiger partial charge in [-0.05, 0) is 36.4 Å². The first-order chi connectivity index (χ1) is 14.0. The number of anilines is 1. The average molecular weight is 475 g/mol. The number of hydrogen-bond acceptors (Lipinski definition) is 6. The molecule has 1 N–H and O–H groups in total. The number of methoxy groups -OCH3 is 1. The van der Waals surface area contributed by atoms with Gasteiger partial charge in [0.15, 0.2) is 10.9 Å². The number of carbonyl (C=O) groups excluding carboxylic acids is 2. The van der Waals surface area contributed by atoms with Crippen molar-refractivity contribution in [2.45, 2.75) is 11.6 Å². The largest absolute Gasteiger partial charge is 0.497 e. The summed E-state index contributed by atoms with van der Waals surface area (Å²) in [7, 11) is 3.37. The van der Waals surface area contributed by atoms with Crippen LogP contribution in [0.4, 0.5) is 5.69 Å². The van der Waals surface area contributed by atoms with Gasteiger partial charge in [0.25, 0.3) is 0 Å². The standard InChI is InChI=1S/C20H19BrN4O3S/c1-25-18(11-19(27)22-15-7-9-16(28-2)10-8-15)23-24-20(25)29-12-17(26)13-3-5-14(21)6-4-13/h3-10H,11-12H2,1-2H3,(H,22,27). The van der Waals surface area contributed by atoms with Crippen LogP contribution >= 0.6 is 27.7 Å². The second kappa shape index (κ2) is 9.71. The fraction of sp³-hybridized carbons (Fsp3) is 0.200. The molecule has 0 spiro atoms. The van der Waals surface area contributed by atoms with Crippen molar-refractivity contribution in [2.24, 2.45) is 7.05 Å². The van der Waals surface area contributed by atoms with Crippen molar-refractivity contribution < 1.29 is 14.3 Å². The van der Waals surface area contributed by atoms with Crippen molar-refractivity contribution in [3.8, 4) is 5.75 Å². The normalized spacial score (nSPS) is 10.6. The molecule has 3 aromatic rings. The zero-order chi connectivity index (χ0) is 20.8. The van der Waals surface area contributed by atoms with Crippen molar-refractivity contribution in [1.82, 2.24) is 14.8 Å². The van der Waals surface area contributed by atoms with E-state index >= 15 is 0 Å². The van der Waals surface area contributed by atoms with Gasteiger partial charge in [-0.1, -0.05) is 39.8 Å². The highest BCUT2D eigenvalue weighted by atomic mass is 79.9. The molecule has 0 aliphatic carbocycles. The van der Waals surface area contributed by atoms with Gasteiger partial charge in [0.05, 0.1) is 19.3 Å². The highest BCUT2D eigenvalue weighted by Crippen LogP contribution is 2.19. The first-order valence-electron chi connectivity index (χ1n) is 8.70. The van der Waals surface area contributed by atoms with Crippen LogP contribution in [-0.2, 0) is 18.3 Å².